The van der Waals surface area contributed by atoms with Gasteiger partial charge in [-0.25, -0.2) is 0 Å². The highest BCUT2D eigenvalue weighted by Crippen LogP contribution is 2.11. The van der Waals surface area contributed by atoms with Crippen LogP contribution in [0.25, 0.3) is 0 Å². The van der Waals surface area contributed by atoms with Crippen molar-refractivity contribution in [1.82, 2.24) is 5.32 Å². The quantitative estimate of drug-likeness (QED) is 0.889. The van der Waals surface area contributed by atoms with Gasteiger partial charge in [0.25, 0.3) is 0 Å². The maximum Gasteiger partial charge on any atom is 0.224 e. The lowest BCUT2D eigenvalue weighted by Crippen LogP contribution is -2.38. The number of hydrogen-bond acceptors (Lipinski definition) is 2. The average molecular weight is 285 g/mol. The van der Waals surface area contributed by atoms with Gasteiger partial charge in [0.05, 0.1) is 0 Å². The van der Waals surface area contributed by atoms with Gasteiger partial charge in [0.15, 0.2) is 0 Å². The molecule has 2 unspecified atom stereocenters. The second-order valence-electron chi connectivity index (χ2n) is 4.00. The summed E-state index contributed by atoms with van der Waals surface area (Å²) < 4.78 is 1.01. The van der Waals surface area contributed by atoms with Crippen molar-refractivity contribution in [3.05, 3.63) is 34.3 Å². The van der Waals surface area contributed by atoms with Gasteiger partial charge in [-0.05, 0) is 24.6 Å². The first-order valence-electron chi connectivity index (χ1n) is 5.28. The van der Waals surface area contributed by atoms with Crippen molar-refractivity contribution >= 4 is 21.8 Å². The number of rotatable bonds is 4. The van der Waals surface area contributed by atoms with E-state index in [1.54, 1.807) is 0 Å². The zero-order valence-corrected chi connectivity index (χ0v) is 11.1. The second-order valence-corrected chi connectivity index (χ2v) is 4.91. The molecule has 0 aliphatic heterocycles. The summed E-state index contributed by atoms with van der Waals surface area (Å²) in [7, 11) is 0. The summed E-state index contributed by atoms with van der Waals surface area (Å²) in [6, 6.07) is 7.73. The van der Waals surface area contributed by atoms with Crippen LogP contribution in [0.15, 0.2) is 28.7 Å². The molecule has 1 aromatic carbocycles. The van der Waals surface area contributed by atoms with Crippen LogP contribution in [0.1, 0.15) is 19.4 Å². The molecule has 0 fully saturated rings. The molecule has 0 aliphatic carbocycles. The highest BCUT2D eigenvalue weighted by atomic mass is 79.9. The van der Waals surface area contributed by atoms with E-state index in [4.69, 9.17) is 5.73 Å². The lowest BCUT2D eigenvalue weighted by Gasteiger charge is -2.15. The molecule has 0 spiro atoms. The summed E-state index contributed by atoms with van der Waals surface area (Å²) in [5.74, 6) is -0.165. The number of carbonyl (C=O) groups excluding carboxylic acids is 1. The Morgan fingerprint density at radius 2 is 2.19 bits per heavy atom. The maximum atomic E-state index is 11.6. The smallest absolute Gasteiger partial charge is 0.224 e. The Kier molecular flexibility index (Phi) is 4.96. The molecule has 2 atom stereocenters. The third-order valence-electron chi connectivity index (χ3n) is 2.56. The Morgan fingerprint density at radius 1 is 1.50 bits per heavy atom. The lowest BCUT2D eigenvalue weighted by molar-refractivity contribution is -0.125. The molecule has 1 amide bonds. The van der Waals surface area contributed by atoms with Gasteiger partial charge < -0.3 is 11.1 Å². The second kappa shape index (κ2) is 6.01. The van der Waals surface area contributed by atoms with Crippen LogP contribution in [-0.4, -0.2) is 11.9 Å². The van der Waals surface area contributed by atoms with E-state index in [0.29, 0.717) is 6.54 Å². The van der Waals surface area contributed by atoms with Crippen LogP contribution in [0.3, 0.4) is 0 Å². The highest BCUT2D eigenvalue weighted by Gasteiger charge is 2.16. The van der Waals surface area contributed by atoms with Gasteiger partial charge in [0.1, 0.15) is 0 Å². The summed E-state index contributed by atoms with van der Waals surface area (Å²) in [6.45, 7) is 4.21. The third-order valence-corrected chi connectivity index (χ3v) is 3.05. The summed E-state index contributed by atoms with van der Waals surface area (Å²) in [4.78, 5) is 11.6. The van der Waals surface area contributed by atoms with Crippen molar-refractivity contribution < 1.29 is 4.79 Å². The number of halogens is 1. The zero-order chi connectivity index (χ0) is 12.1. The molecule has 0 aliphatic rings. The van der Waals surface area contributed by atoms with Crippen LogP contribution >= 0.6 is 15.9 Å². The fraction of sp³-hybridized carbons (Fsp3) is 0.417. The summed E-state index contributed by atoms with van der Waals surface area (Å²) in [5.41, 5.74) is 6.73. The van der Waals surface area contributed by atoms with Crippen molar-refractivity contribution in [2.75, 3.05) is 0 Å². The van der Waals surface area contributed by atoms with Gasteiger partial charge in [-0.15, -0.1) is 0 Å². The standard InChI is InChI=1S/C12H17BrN2O/c1-8(9(2)14)12(16)15-7-10-4-3-5-11(13)6-10/h3-6,8-9H,7,14H2,1-2H3,(H,15,16). The van der Waals surface area contributed by atoms with Gasteiger partial charge in [0, 0.05) is 23.0 Å². The lowest BCUT2D eigenvalue weighted by atomic mass is 10.0. The van der Waals surface area contributed by atoms with E-state index in [1.165, 1.54) is 0 Å². The minimum absolute atomic E-state index is 0.00465. The molecule has 0 radical (unpaired) electrons. The molecule has 4 heteroatoms. The molecule has 0 saturated heterocycles. The van der Waals surface area contributed by atoms with Gasteiger partial charge in [-0.3, -0.25) is 4.79 Å². The van der Waals surface area contributed by atoms with Crippen molar-refractivity contribution in [3.8, 4) is 0 Å². The minimum Gasteiger partial charge on any atom is -0.352 e. The van der Waals surface area contributed by atoms with Crippen LogP contribution in [0.5, 0.6) is 0 Å². The Balaban J connectivity index is 2.49. The molecule has 3 N–H and O–H groups in total. The number of hydrogen-bond donors (Lipinski definition) is 2. The molecular formula is C12H17BrN2O. The summed E-state index contributed by atoms with van der Waals surface area (Å²) in [5, 5.41) is 2.87. The molecule has 16 heavy (non-hydrogen) atoms. The first-order valence-corrected chi connectivity index (χ1v) is 6.07. The minimum atomic E-state index is -0.160. The monoisotopic (exact) mass is 284 g/mol. The van der Waals surface area contributed by atoms with Gasteiger partial charge in [-0.2, -0.15) is 0 Å². The van der Waals surface area contributed by atoms with E-state index >= 15 is 0 Å². The molecule has 0 aromatic heterocycles. The first kappa shape index (κ1) is 13.2. The predicted molar refractivity (Wildman–Crippen MR) is 68.8 cm³/mol. The predicted octanol–water partition coefficient (Wildman–Crippen LogP) is 2.05. The Labute approximate surface area is 105 Å². The van der Waals surface area contributed by atoms with Crippen LogP contribution in [0.4, 0.5) is 0 Å². The van der Waals surface area contributed by atoms with Crippen LogP contribution in [0, 0.1) is 5.92 Å². The van der Waals surface area contributed by atoms with E-state index < -0.39 is 0 Å². The van der Waals surface area contributed by atoms with Crippen molar-refractivity contribution in [3.63, 3.8) is 0 Å². The number of benzene rings is 1. The summed E-state index contributed by atoms with van der Waals surface area (Å²) >= 11 is 3.39. The normalized spacial score (nSPS) is 14.2. The van der Waals surface area contributed by atoms with E-state index in [1.807, 2.05) is 38.1 Å². The fourth-order valence-electron chi connectivity index (χ4n) is 1.24. The number of amides is 1. The van der Waals surface area contributed by atoms with E-state index in [-0.39, 0.29) is 17.9 Å². The van der Waals surface area contributed by atoms with Crippen molar-refractivity contribution in [2.24, 2.45) is 11.7 Å². The fourth-order valence-corrected chi connectivity index (χ4v) is 1.68. The molecule has 3 nitrogen and oxygen atoms in total. The van der Waals surface area contributed by atoms with Crippen LogP contribution < -0.4 is 11.1 Å². The SMILES string of the molecule is CC(N)C(C)C(=O)NCc1cccc(Br)c1. The molecule has 1 aromatic rings. The van der Waals surface area contributed by atoms with Gasteiger partial charge in [-0.1, -0.05) is 35.0 Å². The molecular weight excluding hydrogens is 268 g/mol. The third kappa shape index (κ3) is 3.94. The van der Waals surface area contributed by atoms with E-state index in [2.05, 4.69) is 21.2 Å². The molecule has 0 saturated carbocycles. The van der Waals surface area contributed by atoms with Gasteiger partial charge in [0.2, 0.25) is 5.91 Å². The van der Waals surface area contributed by atoms with E-state index in [0.717, 1.165) is 10.0 Å². The average Bonchev–Trinajstić information content (AvgIpc) is 2.24. The number of nitrogens with two attached hydrogens (primary N) is 1. The molecule has 1 rings (SSSR count). The first-order chi connectivity index (χ1) is 7.50. The Bertz CT molecular complexity index is 366. The number of carbonyl (C=O) groups is 1. The molecule has 0 heterocycles. The largest absolute Gasteiger partial charge is 0.352 e. The topological polar surface area (TPSA) is 55.1 Å². The molecule has 0 bridgehead atoms. The van der Waals surface area contributed by atoms with E-state index in [9.17, 15) is 4.79 Å². The van der Waals surface area contributed by atoms with Gasteiger partial charge >= 0.3 is 0 Å². The van der Waals surface area contributed by atoms with Crippen molar-refractivity contribution in [1.29, 1.82) is 0 Å². The Morgan fingerprint density at radius 3 is 2.75 bits per heavy atom. The summed E-state index contributed by atoms with van der Waals surface area (Å²) in [6.07, 6.45) is 0. The zero-order valence-electron chi connectivity index (χ0n) is 9.53. The molecule has 88 valence electrons. The maximum absolute atomic E-state index is 11.6. The highest BCUT2D eigenvalue weighted by molar-refractivity contribution is 9.10. The Hall–Kier alpha value is -0.870. The number of nitrogens with one attached hydrogen (secondary N) is 1. The van der Waals surface area contributed by atoms with Crippen LogP contribution in [-0.2, 0) is 11.3 Å². The van der Waals surface area contributed by atoms with Crippen molar-refractivity contribution in [2.45, 2.75) is 26.4 Å². The van der Waals surface area contributed by atoms with Crippen LogP contribution in [0.2, 0.25) is 0 Å².